The molecule has 0 radical (unpaired) electrons. The normalized spacial score (nSPS) is 11.5. The van der Waals surface area contributed by atoms with Crippen LogP contribution in [0.5, 0.6) is 0 Å². The molecule has 30 heavy (non-hydrogen) atoms. The lowest BCUT2D eigenvalue weighted by Crippen LogP contribution is -2.33. The van der Waals surface area contributed by atoms with Crippen LogP contribution >= 0.6 is 11.3 Å². The molecule has 6 nitrogen and oxygen atoms in total. The molecule has 156 valence electrons. The van der Waals surface area contributed by atoms with E-state index in [1.54, 1.807) is 0 Å². The average molecular weight is 423 g/mol. The zero-order valence-corrected chi connectivity index (χ0v) is 17.7. The number of para-hydroxylation sites is 1. The van der Waals surface area contributed by atoms with Crippen LogP contribution in [0.1, 0.15) is 31.0 Å². The van der Waals surface area contributed by atoms with E-state index in [2.05, 4.69) is 33.1 Å². The first-order chi connectivity index (χ1) is 14.6. The maximum Gasteiger partial charge on any atom is 0.325 e. The van der Waals surface area contributed by atoms with E-state index in [-0.39, 0.29) is 18.0 Å². The third-order valence-corrected chi connectivity index (χ3v) is 5.33. The third-order valence-electron chi connectivity index (χ3n) is 4.53. The number of amides is 3. The van der Waals surface area contributed by atoms with Gasteiger partial charge in [-0.3, -0.25) is 10.1 Å². The molecule has 1 heterocycles. The third kappa shape index (κ3) is 7.33. The minimum atomic E-state index is -0.341. The lowest BCUT2D eigenvalue weighted by molar-refractivity contribution is -0.121. The molecule has 3 amide bonds. The second-order valence-electron chi connectivity index (χ2n) is 7.08. The highest BCUT2D eigenvalue weighted by Gasteiger charge is 2.11. The molecule has 0 bridgehead atoms. The standard InChI is InChI=1S/C23H26N4O2S/c1-17(12-13-18-8-4-2-5-9-18)24-21(28)15-14-20-16-30-23(26-20)27-22(29)25-19-10-6-3-7-11-19/h2-11,16-17H,12-15H2,1H3,(H,24,28)(H2,25,26,27,29). The van der Waals surface area contributed by atoms with Gasteiger partial charge < -0.3 is 10.6 Å². The number of carbonyl (C=O) groups excluding carboxylic acids is 2. The summed E-state index contributed by atoms with van der Waals surface area (Å²) in [6.07, 6.45) is 2.75. The maximum absolute atomic E-state index is 12.2. The van der Waals surface area contributed by atoms with Crippen LogP contribution in [-0.4, -0.2) is 23.0 Å². The number of thiazole rings is 1. The van der Waals surface area contributed by atoms with Crippen LogP contribution in [0.3, 0.4) is 0 Å². The van der Waals surface area contributed by atoms with Crippen LogP contribution in [0.2, 0.25) is 0 Å². The second-order valence-corrected chi connectivity index (χ2v) is 7.94. The molecule has 2 aromatic carbocycles. The molecule has 7 heteroatoms. The van der Waals surface area contributed by atoms with Crippen LogP contribution in [0.25, 0.3) is 0 Å². The molecule has 3 aromatic rings. The quantitative estimate of drug-likeness (QED) is 0.461. The number of carbonyl (C=O) groups is 2. The Bertz CT molecular complexity index is 944. The molecule has 3 N–H and O–H groups in total. The molecule has 3 rings (SSSR count). The number of nitrogens with one attached hydrogen (secondary N) is 3. The molecule has 1 unspecified atom stereocenters. The molecule has 0 aliphatic carbocycles. The number of benzene rings is 2. The van der Waals surface area contributed by atoms with Gasteiger partial charge in [0.05, 0.1) is 5.69 Å². The molecular formula is C23H26N4O2S. The number of aryl methyl sites for hydroxylation is 2. The summed E-state index contributed by atoms with van der Waals surface area (Å²) in [6, 6.07) is 19.3. The Morgan fingerprint density at radius 3 is 2.40 bits per heavy atom. The molecule has 0 fully saturated rings. The number of anilines is 2. The van der Waals surface area contributed by atoms with Crippen molar-refractivity contribution in [3.8, 4) is 0 Å². The van der Waals surface area contributed by atoms with Crippen molar-refractivity contribution in [3.05, 3.63) is 77.3 Å². The van der Waals surface area contributed by atoms with Gasteiger partial charge in [0.15, 0.2) is 5.13 Å². The number of hydrogen-bond acceptors (Lipinski definition) is 4. The fraction of sp³-hybridized carbons (Fsp3) is 0.261. The number of aromatic nitrogens is 1. The number of urea groups is 1. The van der Waals surface area contributed by atoms with Gasteiger partial charge in [0, 0.05) is 23.5 Å². The first kappa shape index (κ1) is 21.5. The van der Waals surface area contributed by atoms with Crippen molar-refractivity contribution in [2.24, 2.45) is 0 Å². The average Bonchev–Trinajstić information content (AvgIpc) is 3.19. The first-order valence-electron chi connectivity index (χ1n) is 9.99. The smallest absolute Gasteiger partial charge is 0.325 e. The van der Waals surface area contributed by atoms with Crippen molar-refractivity contribution in [1.29, 1.82) is 0 Å². The molecule has 1 aromatic heterocycles. The largest absolute Gasteiger partial charge is 0.354 e. The van der Waals surface area contributed by atoms with Gasteiger partial charge in [0.1, 0.15) is 0 Å². The highest BCUT2D eigenvalue weighted by molar-refractivity contribution is 7.13. The fourth-order valence-corrected chi connectivity index (χ4v) is 3.69. The van der Waals surface area contributed by atoms with Gasteiger partial charge in [0.25, 0.3) is 0 Å². The van der Waals surface area contributed by atoms with E-state index in [0.29, 0.717) is 23.7 Å². The zero-order valence-electron chi connectivity index (χ0n) is 16.9. The van der Waals surface area contributed by atoms with Crippen molar-refractivity contribution in [1.82, 2.24) is 10.3 Å². The van der Waals surface area contributed by atoms with Crippen LogP contribution in [0.4, 0.5) is 15.6 Å². The minimum absolute atomic E-state index is 0.0138. The van der Waals surface area contributed by atoms with Crippen molar-refractivity contribution in [2.75, 3.05) is 10.6 Å². The monoisotopic (exact) mass is 422 g/mol. The Labute approximate surface area is 180 Å². The Morgan fingerprint density at radius 2 is 1.67 bits per heavy atom. The van der Waals surface area contributed by atoms with Gasteiger partial charge in [-0.2, -0.15) is 0 Å². The summed E-state index contributed by atoms with van der Waals surface area (Å²) in [4.78, 5) is 28.6. The summed E-state index contributed by atoms with van der Waals surface area (Å²) < 4.78 is 0. The Morgan fingerprint density at radius 1 is 0.967 bits per heavy atom. The molecular weight excluding hydrogens is 396 g/mol. The van der Waals surface area contributed by atoms with E-state index in [9.17, 15) is 9.59 Å². The van der Waals surface area contributed by atoms with Gasteiger partial charge in [-0.25, -0.2) is 9.78 Å². The highest BCUT2D eigenvalue weighted by atomic mass is 32.1. The summed E-state index contributed by atoms with van der Waals surface area (Å²) in [5, 5.41) is 10.9. The molecule has 1 atom stereocenters. The van der Waals surface area contributed by atoms with E-state index in [1.165, 1.54) is 16.9 Å². The van der Waals surface area contributed by atoms with Crippen LogP contribution in [0.15, 0.2) is 66.0 Å². The van der Waals surface area contributed by atoms with Crippen LogP contribution < -0.4 is 16.0 Å². The number of hydrogen-bond donors (Lipinski definition) is 3. The van der Waals surface area contributed by atoms with Crippen LogP contribution in [0, 0.1) is 0 Å². The lowest BCUT2D eigenvalue weighted by atomic mass is 10.1. The highest BCUT2D eigenvalue weighted by Crippen LogP contribution is 2.17. The first-order valence-corrected chi connectivity index (χ1v) is 10.9. The molecule has 0 spiro atoms. The zero-order chi connectivity index (χ0) is 21.2. The van der Waals surface area contributed by atoms with Gasteiger partial charge in [-0.1, -0.05) is 48.5 Å². The van der Waals surface area contributed by atoms with E-state index < -0.39 is 0 Å². The molecule has 0 saturated carbocycles. The van der Waals surface area contributed by atoms with Crippen molar-refractivity contribution >= 4 is 34.1 Å². The molecule has 0 saturated heterocycles. The number of nitrogens with zero attached hydrogens (tertiary/aromatic N) is 1. The SMILES string of the molecule is CC(CCc1ccccc1)NC(=O)CCc1csc(NC(=O)Nc2ccccc2)n1. The Balaban J connectivity index is 1.37. The van der Waals surface area contributed by atoms with Crippen molar-refractivity contribution in [3.63, 3.8) is 0 Å². The molecule has 0 aliphatic heterocycles. The summed E-state index contributed by atoms with van der Waals surface area (Å²) in [5.74, 6) is 0.0138. The van der Waals surface area contributed by atoms with E-state index >= 15 is 0 Å². The second kappa shape index (κ2) is 11.1. The summed E-state index contributed by atoms with van der Waals surface area (Å²) >= 11 is 1.34. The summed E-state index contributed by atoms with van der Waals surface area (Å²) in [5.41, 5.74) is 2.78. The van der Waals surface area contributed by atoms with Gasteiger partial charge in [-0.15, -0.1) is 11.3 Å². The minimum Gasteiger partial charge on any atom is -0.354 e. The van der Waals surface area contributed by atoms with Gasteiger partial charge >= 0.3 is 6.03 Å². The van der Waals surface area contributed by atoms with E-state index in [0.717, 1.165) is 18.5 Å². The van der Waals surface area contributed by atoms with Gasteiger partial charge in [0.2, 0.25) is 5.91 Å². The van der Waals surface area contributed by atoms with Crippen LogP contribution in [-0.2, 0) is 17.6 Å². The van der Waals surface area contributed by atoms with Crippen molar-refractivity contribution in [2.45, 2.75) is 38.6 Å². The van der Waals surface area contributed by atoms with Gasteiger partial charge in [-0.05, 0) is 43.9 Å². The van der Waals surface area contributed by atoms with E-state index in [1.807, 2.05) is 60.8 Å². The summed E-state index contributed by atoms with van der Waals surface area (Å²) in [7, 11) is 0. The lowest BCUT2D eigenvalue weighted by Gasteiger charge is -2.13. The maximum atomic E-state index is 12.2. The topological polar surface area (TPSA) is 83.1 Å². The molecule has 0 aliphatic rings. The fourth-order valence-electron chi connectivity index (χ4n) is 2.95. The number of rotatable bonds is 9. The predicted octanol–water partition coefficient (Wildman–Crippen LogP) is 4.86. The summed E-state index contributed by atoms with van der Waals surface area (Å²) in [6.45, 7) is 2.02. The Hall–Kier alpha value is -3.19. The van der Waals surface area contributed by atoms with E-state index in [4.69, 9.17) is 0 Å². The Kier molecular flexibility index (Phi) is 7.97. The van der Waals surface area contributed by atoms with Crippen molar-refractivity contribution < 1.29 is 9.59 Å². The predicted molar refractivity (Wildman–Crippen MR) is 122 cm³/mol.